The average molecular weight is 405 g/mol. The SMILES string of the molecule is CC(OC(=O)c1cn(-c2ccccc2)nc1-c1ccccc1)C(=O)N1CCOCC1. The van der Waals surface area contributed by atoms with Crippen molar-refractivity contribution >= 4 is 11.9 Å². The number of nitrogens with zero attached hydrogens (tertiary/aromatic N) is 3. The smallest absolute Gasteiger partial charge is 0.342 e. The molecule has 2 heterocycles. The van der Waals surface area contributed by atoms with Crippen molar-refractivity contribution in [3.8, 4) is 16.9 Å². The molecule has 0 radical (unpaired) electrons. The summed E-state index contributed by atoms with van der Waals surface area (Å²) in [6, 6.07) is 19.0. The summed E-state index contributed by atoms with van der Waals surface area (Å²) in [6.45, 7) is 3.59. The van der Waals surface area contributed by atoms with Crippen LogP contribution in [0, 0.1) is 0 Å². The summed E-state index contributed by atoms with van der Waals surface area (Å²) < 4.78 is 12.5. The highest BCUT2D eigenvalue weighted by Gasteiger charge is 2.28. The van der Waals surface area contributed by atoms with Gasteiger partial charge in [-0.2, -0.15) is 5.10 Å². The van der Waals surface area contributed by atoms with Gasteiger partial charge in [-0.05, 0) is 19.1 Å². The zero-order chi connectivity index (χ0) is 20.9. The van der Waals surface area contributed by atoms with Gasteiger partial charge >= 0.3 is 5.97 Å². The number of benzene rings is 2. The largest absolute Gasteiger partial charge is 0.449 e. The fourth-order valence-electron chi connectivity index (χ4n) is 3.36. The first-order valence-corrected chi connectivity index (χ1v) is 9.91. The summed E-state index contributed by atoms with van der Waals surface area (Å²) in [6.07, 6.45) is 0.755. The van der Waals surface area contributed by atoms with E-state index < -0.39 is 12.1 Å². The molecule has 4 rings (SSSR count). The van der Waals surface area contributed by atoms with E-state index in [1.54, 1.807) is 22.7 Å². The molecule has 1 aliphatic heterocycles. The quantitative estimate of drug-likeness (QED) is 0.610. The van der Waals surface area contributed by atoms with E-state index in [0.29, 0.717) is 37.6 Å². The van der Waals surface area contributed by atoms with Crippen LogP contribution in [0.5, 0.6) is 0 Å². The van der Waals surface area contributed by atoms with Crippen molar-refractivity contribution in [2.75, 3.05) is 26.3 Å². The number of hydrogen-bond acceptors (Lipinski definition) is 5. The predicted octanol–water partition coefficient (Wildman–Crippen LogP) is 2.94. The first-order chi connectivity index (χ1) is 14.6. The summed E-state index contributed by atoms with van der Waals surface area (Å²) in [4.78, 5) is 27.3. The molecule has 2 aromatic carbocycles. The van der Waals surface area contributed by atoms with Crippen molar-refractivity contribution in [2.45, 2.75) is 13.0 Å². The van der Waals surface area contributed by atoms with Gasteiger partial charge in [0.05, 0.1) is 18.9 Å². The third kappa shape index (κ3) is 4.26. The molecule has 0 saturated carbocycles. The molecule has 154 valence electrons. The Bertz CT molecular complexity index is 1010. The standard InChI is InChI=1S/C23H23N3O4/c1-17(22(27)25-12-14-29-15-13-25)30-23(28)20-16-26(19-10-6-3-7-11-19)24-21(20)18-8-4-2-5-9-18/h2-11,16-17H,12-15H2,1H3. The second-order valence-corrected chi connectivity index (χ2v) is 7.02. The number of morpholine rings is 1. The fourth-order valence-corrected chi connectivity index (χ4v) is 3.36. The summed E-state index contributed by atoms with van der Waals surface area (Å²) in [7, 11) is 0. The molecule has 0 bridgehead atoms. The van der Waals surface area contributed by atoms with E-state index in [-0.39, 0.29) is 5.91 Å². The van der Waals surface area contributed by atoms with Crippen LogP contribution < -0.4 is 0 Å². The predicted molar refractivity (Wildman–Crippen MR) is 111 cm³/mol. The minimum atomic E-state index is -0.890. The van der Waals surface area contributed by atoms with Crippen LogP contribution in [0.25, 0.3) is 16.9 Å². The maximum absolute atomic E-state index is 13.0. The molecule has 1 fully saturated rings. The molecule has 1 atom stereocenters. The van der Waals surface area contributed by atoms with Crippen molar-refractivity contribution in [1.82, 2.24) is 14.7 Å². The Hall–Kier alpha value is -3.45. The van der Waals surface area contributed by atoms with Crippen LogP contribution >= 0.6 is 0 Å². The van der Waals surface area contributed by atoms with E-state index >= 15 is 0 Å². The van der Waals surface area contributed by atoms with Crippen LogP contribution in [0.4, 0.5) is 0 Å². The van der Waals surface area contributed by atoms with E-state index in [2.05, 4.69) is 5.10 Å². The lowest BCUT2D eigenvalue weighted by Crippen LogP contribution is -2.46. The minimum Gasteiger partial charge on any atom is -0.449 e. The minimum absolute atomic E-state index is 0.219. The van der Waals surface area contributed by atoms with Gasteiger partial charge in [0.2, 0.25) is 0 Å². The first-order valence-electron chi connectivity index (χ1n) is 9.91. The molecule has 1 unspecified atom stereocenters. The maximum atomic E-state index is 13.0. The lowest BCUT2D eigenvalue weighted by Gasteiger charge is -2.28. The third-order valence-electron chi connectivity index (χ3n) is 4.96. The number of hydrogen-bond donors (Lipinski definition) is 0. The lowest BCUT2D eigenvalue weighted by molar-refractivity contribution is -0.143. The Balaban J connectivity index is 1.61. The zero-order valence-electron chi connectivity index (χ0n) is 16.7. The van der Waals surface area contributed by atoms with Gasteiger partial charge in [0.15, 0.2) is 6.10 Å². The number of esters is 1. The van der Waals surface area contributed by atoms with Gasteiger partial charge in [0.1, 0.15) is 11.3 Å². The van der Waals surface area contributed by atoms with Crippen molar-refractivity contribution in [1.29, 1.82) is 0 Å². The summed E-state index contributed by atoms with van der Waals surface area (Å²) >= 11 is 0. The molecule has 30 heavy (non-hydrogen) atoms. The van der Waals surface area contributed by atoms with Crippen molar-refractivity contribution in [3.63, 3.8) is 0 Å². The molecule has 7 nitrogen and oxygen atoms in total. The van der Waals surface area contributed by atoms with Gasteiger partial charge in [0, 0.05) is 24.8 Å². The van der Waals surface area contributed by atoms with Gasteiger partial charge in [-0.1, -0.05) is 48.5 Å². The van der Waals surface area contributed by atoms with Crippen molar-refractivity contribution < 1.29 is 19.1 Å². The number of ether oxygens (including phenoxy) is 2. The second kappa shape index (κ2) is 8.92. The Morgan fingerprint density at radius 3 is 2.30 bits per heavy atom. The van der Waals surface area contributed by atoms with Gasteiger partial charge < -0.3 is 14.4 Å². The highest BCUT2D eigenvalue weighted by molar-refractivity contribution is 5.97. The van der Waals surface area contributed by atoms with Gasteiger partial charge in [-0.25, -0.2) is 9.48 Å². The van der Waals surface area contributed by atoms with Crippen molar-refractivity contribution in [2.24, 2.45) is 0 Å². The molecule has 1 aliphatic rings. The number of carbonyl (C=O) groups excluding carboxylic acids is 2. The van der Waals surface area contributed by atoms with E-state index in [9.17, 15) is 9.59 Å². The number of carbonyl (C=O) groups is 2. The van der Waals surface area contributed by atoms with Gasteiger partial charge in [-0.15, -0.1) is 0 Å². The van der Waals surface area contributed by atoms with Gasteiger partial charge in [-0.3, -0.25) is 4.79 Å². The Morgan fingerprint density at radius 2 is 1.63 bits per heavy atom. The number of amides is 1. The van der Waals surface area contributed by atoms with E-state index in [1.165, 1.54) is 0 Å². The average Bonchev–Trinajstić information content (AvgIpc) is 3.26. The molecular formula is C23H23N3O4. The molecule has 1 aromatic heterocycles. The molecular weight excluding hydrogens is 382 g/mol. The molecule has 7 heteroatoms. The molecule has 0 N–H and O–H groups in total. The molecule has 1 amide bonds. The lowest BCUT2D eigenvalue weighted by atomic mass is 10.1. The summed E-state index contributed by atoms with van der Waals surface area (Å²) in [5, 5.41) is 4.62. The van der Waals surface area contributed by atoms with Crippen LogP contribution in [-0.4, -0.2) is 59.0 Å². The van der Waals surface area contributed by atoms with Gasteiger partial charge in [0.25, 0.3) is 5.91 Å². The summed E-state index contributed by atoms with van der Waals surface area (Å²) in [5.41, 5.74) is 2.44. The molecule has 0 spiro atoms. The number of rotatable bonds is 5. The zero-order valence-corrected chi connectivity index (χ0v) is 16.7. The molecule has 0 aliphatic carbocycles. The Morgan fingerprint density at radius 1 is 1.00 bits per heavy atom. The van der Waals surface area contributed by atoms with E-state index in [1.807, 2.05) is 60.7 Å². The monoisotopic (exact) mass is 405 g/mol. The molecule has 3 aromatic rings. The normalized spacial score (nSPS) is 14.9. The van der Waals surface area contributed by atoms with Crippen LogP contribution in [-0.2, 0) is 14.3 Å². The fraction of sp³-hybridized carbons (Fsp3) is 0.261. The van der Waals surface area contributed by atoms with E-state index in [4.69, 9.17) is 9.47 Å². The third-order valence-corrected chi connectivity index (χ3v) is 4.96. The van der Waals surface area contributed by atoms with Crippen LogP contribution in [0.1, 0.15) is 17.3 Å². The topological polar surface area (TPSA) is 73.7 Å². The first kappa shape index (κ1) is 19.8. The van der Waals surface area contributed by atoms with E-state index in [0.717, 1.165) is 11.3 Å². The summed E-state index contributed by atoms with van der Waals surface area (Å²) in [5.74, 6) is -0.798. The van der Waals surface area contributed by atoms with Crippen molar-refractivity contribution in [3.05, 3.63) is 72.4 Å². The Labute approximate surface area is 174 Å². The second-order valence-electron chi connectivity index (χ2n) is 7.02. The number of aromatic nitrogens is 2. The van der Waals surface area contributed by atoms with Crippen LogP contribution in [0.3, 0.4) is 0 Å². The molecule has 1 saturated heterocycles. The maximum Gasteiger partial charge on any atom is 0.342 e. The van der Waals surface area contributed by atoms with Crippen LogP contribution in [0.15, 0.2) is 66.9 Å². The highest BCUT2D eigenvalue weighted by Crippen LogP contribution is 2.25. The van der Waals surface area contributed by atoms with Crippen LogP contribution in [0.2, 0.25) is 0 Å². The highest BCUT2D eigenvalue weighted by atomic mass is 16.5. The Kier molecular flexibility index (Phi) is 5.90. The number of para-hydroxylation sites is 1.